The topological polar surface area (TPSA) is 40.5 Å². The van der Waals surface area contributed by atoms with Gasteiger partial charge in [-0.3, -0.25) is 0 Å². The number of aliphatic hydroxyl groups excluding tert-OH is 2. The predicted octanol–water partition coefficient (Wildman–Crippen LogP) is 2.76. The molecule has 1 aliphatic rings. The molecule has 0 fully saturated rings. The SMILES string of the molecule is Cc1ccc2c(c1)C(CCO)CC(O)=C2. The molecule has 0 spiro atoms. The fourth-order valence-corrected chi connectivity index (χ4v) is 2.19. The van der Waals surface area contributed by atoms with Crippen LogP contribution in [0.2, 0.25) is 0 Å². The van der Waals surface area contributed by atoms with Crippen LogP contribution in [0.25, 0.3) is 6.08 Å². The van der Waals surface area contributed by atoms with Crippen molar-refractivity contribution < 1.29 is 10.2 Å². The summed E-state index contributed by atoms with van der Waals surface area (Å²) in [5.74, 6) is 0.680. The van der Waals surface area contributed by atoms with E-state index in [-0.39, 0.29) is 12.5 Å². The molecule has 15 heavy (non-hydrogen) atoms. The first-order valence-electron chi connectivity index (χ1n) is 5.31. The molecular weight excluding hydrogens is 188 g/mol. The maximum absolute atomic E-state index is 9.60. The smallest absolute Gasteiger partial charge is 0.0934 e. The van der Waals surface area contributed by atoms with Crippen LogP contribution in [0.3, 0.4) is 0 Å². The van der Waals surface area contributed by atoms with E-state index in [1.165, 1.54) is 11.1 Å². The Kier molecular flexibility index (Phi) is 2.78. The molecule has 2 rings (SSSR count). The first-order valence-corrected chi connectivity index (χ1v) is 5.31. The Labute approximate surface area is 89.9 Å². The van der Waals surface area contributed by atoms with Gasteiger partial charge < -0.3 is 10.2 Å². The average molecular weight is 204 g/mol. The molecule has 1 aliphatic carbocycles. The average Bonchev–Trinajstić information content (AvgIpc) is 2.19. The van der Waals surface area contributed by atoms with Gasteiger partial charge in [0.25, 0.3) is 0 Å². The summed E-state index contributed by atoms with van der Waals surface area (Å²) in [5.41, 5.74) is 3.57. The monoisotopic (exact) mass is 204 g/mol. The maximum Gasteiger partial charge on any atom is 0.0934 e. The van der Waals surface area contributed by atoms with E-state index in [0.717, 1.165) is 5.56 Å². The summed E-state index contributed by atoms with van der Waals surface area (Å²) in [6.45, 7) is 2.24. The van der Waals surface area contributed by atoms with E-state index in [0.29, 0.717) is 18.6 Å². The number of hydrogen-bond donors (Lipinski definition) is 2. The molecule has 1 atom stereocenters. The largest absolute Gasteiger partial charge is 0.512 e. The second-order valence-corrected chi connectivity index (χ2v) is 4.18. The van der Waals surface area contributed by atoms with Crippen LogP contribution in [0.5, 0.6) is 0 Å². The summed E-state index contributed by atoms with van der Waals surface area (Å²) in [6, 6.07) is 6.23. The van der Waals surface area contributed by atoms with Crippen molar-refractivity contribution in [1.29, 1.82) is 0 Å². The van der Waals surface area contributed by atoms with Crippen LogP contribution in [0, 0.1) is 6.92 Å². The van der Waals surface area contributed by atoms with Crippen LogP contribution in [0.4, 0.5) is 0 Å². The Morgan fingerprint density at radius 2 is 2.20 bits per heavy atom. The first kappa shape index (κ1) is 10.2. The second kappa shape index (κ2) is 4.07. The van der Waals surface area contributed by atoms with Gasteiger partial charge in [-0.25, -0.2) is 0 Å². The molecule has 2 nitrogen and oxygen atoms in total. The van der Waals surface area contributed by atoms with Gasteiger partial charge >= 0.3 is 0 Å². The van der Waals surface area contributed by atoms with Crippen LogP contribution in [-0.2, 0) is 0 Å². The zero-order valence-electron chi connectivity index (χ0n) is 8.90. The highest BCUT2D eigenvalue weighted by Gasteiger charge is 2.20. The molecule has 2 N–H and O–H groups in total. The lowest BCUT2D eigenvalue weighted by atomic mass is 9.83. The van der Waals surface area contributed by atoms with Crippen molar-refractivity contribution in [2.45, 2.75) is 25.7 Å². The molecule has 0 bridgehead atoms. The quantitative estimate of drug-likeness (QED) is 0.777. The predicted molar refractivity (Wildman–Crippen MR) is 60.8 cm³/mol. The minimum Gasteiger partial charge on any atom is -0.512 e. The molecule has 2 heteroatoms. The van der Waals surface area contributed by atoms with Gasteiger partial charge in [-0.1, -0.05) is 23.8 Å². The zero-order valence-corrected chi connectivity index (χ0v) is 8.90. The Balaban J connectivity index is 2.42. The van der Waals surface area contributed by atoms with Crippen molar-refractivity contribution >= 4 is 6.08 Å². The summed E-state index contributed by atoms with van der Waals surface area (Å²) >= 11 is 0. The lowest BCUT2D eigenvalue weighted by molar-refractivity contribution is 0.267. The number of aliphatic hydroxyl groups is 2. The van der Waals surface area contributed by atoms with E-state index in [1.54, 1.807) is 0 Å². The summed E-state index contributed by atoms with van der Waals surface area (Å²) in [6.07, 6.45) is 3.19. The minimum absolute atomic E-state index is 0.172. The third-order valence-corrected chi connectivity index (χ3v) is 2.94. The molecule has 1 unspecified atom stereocenters. The fraction of sp³-hybridized carbons (Fsp3) is 0.385. The fourth-order valence-electron chi connectivity index (χ4n) is 2.19. The van der Waals surface area contributed by atoms with Crippen LogP contribution in [0.1, 0.15) is 35.4 Å². The van der Waals surface area contributed by atoms with Gasteiger partial charge in [-0.15, -0.1) is 0 Å². The molecule has 0 aliphatic heterocycles. The normalized spacial score (nSPS) is 19.6. The maximum atomic E-state index is 9.60. The van der Waals surface area contributed by atoms with Crippen LogP contribution in [0.15, 0.2) is 24.0 Å². The van der Waals surface area contributed by atoms with Gasteiger partial charge in [0.15, 0.2) is 0 Å². The van der Waals surface area contributed by atoms with E-state index in [2.05, 4.69) is 13.0 Å². The van der Waals surface area contributed by atoms with E-state index < -0.39 is 0 Å². The number of fused-ring (bicyclic) bond motifs is 1. The summed E-state index contributed by atoms with van der Waals surface area (Å²) < 4.78 is 0. The highest BCUT2D eigenvalue weighted by atomic mass is 16.3. The third kappa shape index (κ3) is 2.05. The van der Waals surface area contributed by atoms with Crippen molar-refractivity contribution in [1.82, 2.24) is 0 Å². The van der Waals surface area contributed by atoms with Gasteiger partial charge in [-0.05, 0) is 36.5 Å². The standard InChI is InChI=1S/C13H16O2/c1-9-2-3-10-7-12(15)8-11(4-5-14)13(10)6-9/h2-3,6-7,11,14-15H,4-5,8H2,1H3. The van der Waals surface area contributed by atoms with E-state index in [9.17, 15) is 5.11 Å². The Morgan fingerprint density at radius 3 is 2.93 bits per heavy atom. The summed E-state index contributed by atoms with van der Waals surface area (Å²) in [5, 5.41) is 18.6. The first-order chi connectivity index (χ1) is 7.20. The molecule has 1 aromatic carbocycles. The molecule has 0 aromatic heterocycles. The van der Waals surface area contributed by atoms with Gasteiger partial charge in [0.1, 0.15) is 0 Å². The molecule has 0 amide bonds. The van der Waals surface area contributed by atoms with Crippen molar-refractivity contribution in [3.63, 3.8) is 0 Å². The van der Waals surface area contributed by atoms with Gasteiger partial charge in [-0.2, -0.15) is 0 Å². The number of benzene rings is 1. The molecule has 0 heterocycles. The molecule has 1 aromatic rings. The van der Waals surface area contributed by atoms with Crippen LogP contribution < -0.4 is 0 Å². The van der Waals surface area contributed by atoms with E-state index >= 15 is 0 Å². The molecule has 0 saturated heterocycles. The van der Waals surface area contributed by atoms with Crippen LogP contribution in [-0.4, -0.2) is 16.8 Å². The summed E-state index contributed by atoms with van der Waals surface area (Å²) in [4.78, 5) is 0. The molecule has 0 saturated carbocycles. The van der Waals surface area contributed by atoms with Gasteiger partial charge in [0.05, 0.1) is 5.76 Å². The van der Waals surface area contributed by atoms with Crippen molar-refractivity contribution in [3.05, 3.63) is 40.6 Å². The van der Waals surface area contributed by atoms with Crippen molar-refractivity contribution in [2.75, 3.05) is 6.61 Å². The Hall–Kier alpha value is -1.28. The summed E-state index contributed by atoms with van der Waals surface area (Å²) in [7, 11) is 0. The lowest BCUT2D eigenvalue weighted by Crippen LogP contribution is -2.09. The van der Waals surface area contributed by atoms with E-state index in [4.69, 9.17) is 5.11 Å². The highest BCUT2D eigenvalue weighted by molar-refractivity contribution is 5.60. The third-order valence-electron chi connectivity index (χ3n) is 2.94. The molecule has 0 radical (unpaired) electrons. The Bertz CT molecular complexity index is 394. The van der Waals surface area contributed by atoms with Gasteiger partial charge in [0, 0.05) is 13.0 Å². The number of aryl methyl sites for hydroxylation is 1. The van der Waals surface area contributed by atoms with Crippen molar-refractivity contribution in [2.24, 2.45) is 0 Å². The molecular formula is C13H16O2. The Morgan fingerprint density at radius 1 is 1.40 bits per heavy atom. The lowest BCUT2D eigenvalue weighted by Gasteiger charge is -2.23. The zero-order chi connectivity index (χ0) is 10.8. The number of rotatable bonds is 2. The van der Waals surface area contributed by atoms with Crippen molar-refractivity contribution in [3.8, 4) is 0 Å². The van der Waals surface area contributed by atoms with E-state index in [1.807, 2.05) is 18.2 Å². The molecule has 80 valence electrons. The van der Waals surface area contributed by atoms with Gasteiger partial charge in [0.2, 0.25) is 0 Å². The number of hydrogen-bond acceptors (Lipinski definition) is 2. The second-order valence-electron chi connectivity index (χ2n) is 4.18. The number of allylic oxidation sites excluding steroid dienone is 1. The van der Waals surface area contributed by atoms with Crippen LogP contribution >= 0.6 is 0 Å². The highest BCUT2D eigenvalue weighted by Crippen LogP contribution is 2.35. The minimum atomic E-state index is 0.172.